The molecule has 0 unspecified atom stereocenters. The third kappa shape index (κ3) is 3.74. The first-order valence-corrected chi connectivity index (χ1v) is 9.74. The highest BCUT2D eigenvalue weighted by Crippen LogP contribution is 2.46. The summed E-state index contributed by atoms with van der Waals surface area (Å²) in [6.45, 7) is 8.21. The minimum absolute atomic E-state index is 0.549. The van der Waals surface area contributed by atoms with Crippen LogP contribution in [-0.2, 0) is 5.41 Å². The van der Waals surface area contributed by atoms with Crippen molar-refractivity contribution in [3.8, 4) is 0 Å². The first-order chi connectivity index (χ1) is 14.0. The normalized spacial score (nSPS) is 12.6. The van der Waals surface area contributed by atoms with Crippen LogP contribution in [0.3, 0.4) is 0 Å². The molecule has 0 aromatic heterocycles. The van der Waals surface area contributed by atoms with Crippen LogP contribution in [0.4, 0.5) is 5.69 Å². The maximum atomic E-state index is 6.16. The van der Waals surface area contributed by atoms with Crippen molar-refractivity contribution in [2.45, 2.75) is 19.3 Å². The highest BCUT2D eigenvalue weighted by atomic mass is 14.6. The van der Waals surface area contributed by atoms with Gasteiger partial charge < -0.3 is 11.5 Å². The molecule has 0 aliphatic rings. The van der Waals surface area contributed by atoms with Gasteiger partial charge in [0, 0.05) is 5.69 Å². The van der Waals surface area contributed by atoms with Crippen LogP contribution in [0.5, 0.6) is 0 Å². The molecule has 0 atom stereocenters. The molecule has 0 bridgehead atoms. The van der Waals surface area contributed by atoms with Crippen LogP contribution in [-0.4, -0.2) is 0 Å². The van der Waals surface area contributed by atoms with Gasteiger partial charge in [-0.05, 0) is 59.5 Å². The Morgan fingerprint density at radius 1 is 0.862 bits per heavy atom. The minimum Gasteiger partial charge on any atom is -0.404 e. The third-order valence-electron chi connectivity index (χ3n) is 5.42. The number of nitrogen functional groups attached to an aromatic ring is 1. The molecule has 0 saturated carbocycles. The maximum absolute atomic E-state index is 6.16. The average molecular weight is 381 g/mol. The Balaban J connectivity index is 2.50. The van der Waals surface area contributed by atoms with E-state index in [1.165, 1.54) is 0 Å². The second-order valence-electron chi connectivity index (χ2n) is 7.27. The van der Waals surface area contributed by atoms with Crippen molar-refractivity contribution in [2.75, 3.05) is 5.73 Å². The number of anilines is 1. The van der Waals surface area contributed by atoms with E-state index in [-0.39, 0.29) is 0 Å². The molecule has 3 rings (SSSR count). The quantitative estimate of drug-likeness (QED) is 0.318. The molecule has 4 N–H and O–H groups in total. The SMILES string of the molecule is C=C/C(=C\C(C)=C\N)C(c1ccccc1)(c1ccccc1)c1ccc(N)c(C)c1. The van der Waals surface area contributed by atoms with Crippen LogP contribution in [0.25, 0.3) is 0 Å². The van der Waals surface area contributed by atoms with Gasteiger partial charge >= 0.3 is 0 Å². The lowest BCUT2D eigenvalue weighted by molar-refractivity contribution is 0.742. The van der Waals surface area contributed by atoms with Gasteiger partial charge in [-0.3, -0.25) is 0 Å². The molecule has 146 valence electrons. The number of rotatable bonds is 6. The van der Waals surface area contributed by atoms with Gasteiger partial charge in [0.1, 0.15) is 0 Å². The largest absolute Gasteiger partial charge is 0.404 e. The lowest BCUT2D eigenvalue weighted by atomic mass is 9.64. The Bertz CT molecular complexity index is 1000. The van der Waals surface area contributed by atoms with Crippen LogP contribution >= 0.6 is 0 Å². The Labute approximate surface area is 173 Å². The molecule has 2 nitrogen and oxygen atoms in total. The standard InChI is InChI=1S/C27H28N2/c1-4-22(17-20(2)19-28)27(23-11-7-5-8-12-23,24-13-9-6-10-14-24)25-15-16-26(29)21(3)18-25/h4-19H,1,28-29H2,2-3H3/b20-19+,22-17+. The van der Waals surface area contributed by atoms with Gasteiger partial charge in [-0.15, -0.1) is 0 Å². The van der Waals surface area contributed by atoms with E-state index in [0.717, 1.165) is 39.1 Å². The average Bonchev–Trinajstić information content (AvgIpc) is 2.77. The second-order valence-corrected chi connectivity index (χ2v) is 7.27. The molecule has 3 aromatic carbocycles. The van der Waals surface area contributed by atoms with E-state index in [9.17, 15) is 0 Å². The highest BCUT2D eigenvalue weighted by molar-refractivity contribution is 5.64. The molecule has 0 saturated heterocycles. The van der Waals surface area contributed by atoms with E-state index in [0.29, 0.717) is 0 Å². The van der Waals surface area contributed by atoms with E-state index in [1.807, 2.05) is 38.1 Å². The maximum Gasteiger partial charge on any atom is 0.0701 e. The monoisotopic (exact) mass is 380 g/mol. The first-order valence-electron chi connectivity index (χ1n) is 9.74. The van der Waals surface area contributed by atoms with Gasteiger partial charge in [0.05, 0.1) is 5.41 Å². The van der Waals surface area contributed by atoms with Crippen molar-refractivity contribution in [1.29, 1.82) is 0 Å². The van der Waals surface area contributed by atoms with E-state index >= 15 is 0 Å². The fourth-order valence-electron chi connectivity index (χ4n) is 3.90. The fourth-order valence-corrected chi connectivity index (χ4v) is 3.90. The molecule has 0 aliphatic heterocycles. The summed E-state index contributed by atoms with van der Waals surface area (Å²) >= 11 is 0. The van der Waals surface area contributed by atoms with Crippen LogP contribution in [0.2, 0.25) is 0 Å². The Morgan fingerprint density at radius 2 is 1.41 bits per heavy atom. The Kier molecular flexibility index (Phi) is 6.04. The number of hydrogen-bond acceptors (Lipinski definition) is 2. The van der Waals surface area contributed by atoms with Gasteiger partial charge in [-0.1, -0.05) is 91.5 Å². The highest BCUT2D eigenvalue weighted by Gasteiger charge is 2.39. The Morgan fingerprint density at radius 3 is 1.86 bits per heavy atom. The summed E-state index contributed by atoms with van der Waals surface area (Å²) in [4.78, 5) is 0. The van der Waals surface area contributed by atoms with E-state index in [1.54, 1.807) is 6.20 Å². The van der Waals surface area contributed by atoms with Gasteiger partial charge in [-0.25, -0.2) is 0 Å². The van der Waals surface area contributed by atoms with Crippen LogP contribution in [0, 0.1) is 6.92 Å². The summed E-state index contributed by atoms with van der Waals surface area (Å²) < 4.78 is 0. The predicted molar refractivity (Wildman–Crippen MR) is 125 cm³/mol. The fraction of sp³-hybridized carbons (Fsp3) is 0.111. The summed E-state index contributed by atoms with van der Waals surface area (Å²) in [5, 5.41) is 0. The minimum atomic E-state index is -0.549. The molecule has 0 radical (unpaired) electrons. The van der Waals surface area contributed by atoms with Gasteiger partial charge in [0.25, 0.3) is 0 Å². The number of benzene rings is 3. The van der Waals surface area contributed by atoms with Gasteiger partial charge in [0.15, 0.2) is 0 Å². The van der Waals surface area contributed by atoms with Crippen molar-refractivity contribution in [3.63, 3.8) is 0 Å². The van der Waals surface area contributed by atoms with Crippen molar-refractivity contribution < 1.29 is 0 Å². The van der Waals surface area contributed by atoms with Crippen molar-refractivity contribution >= 4 is 5.69 Å². The van der Waals surface area contributed by atoms with E-state index in [2.05, 4.69) is 73.3 Å². The van der Waals surface area contributed by atoms with E-state index < -0.39 is 5.41 Å². The van der Waals surface area contributed by atoms with E-state index in [4.69, 9.17) is 11.5 Å². The molecule has 0 amide bonds. The summed E-state index contributed by atoms with van der Waals surface area (Å²) in [5.41, 5.74) is 18.7. The lowest BCUT2D eigenvalue weighted by Gasteiger charge is -2.38. The van der Waals surface area contributed by atoms with Gasteiger partial charge in [-0.2, -0.15) is 0 Å². The molecule has 0 heterocycles. The molecule has 3 aromatic rings. The summed E-state index contributed by atoms with van der Waals surface area (Å²) in [7, 11) is 0. The summed E-state index contributed by atoms with van der Waals surface area (Å²) in [5.74, 6) is 0. The summed E-state index contributed by atoms with van der Waals surface area (Å²) in [6.07, 6.45) is 5.66. The molecular formula is C27H28N2. The second kappa shape index (κ2) is 8.66. The molecule has 2 heteroatoms. The zero-order valence-electron chi connectivity index (χ0n) is 17.1. The van der Waals surface area contributed by atoms with Crippen LogP contribution in [0.1, 0.15) is 29.2 Å². The number of hydrogen-bond donors (Lipinski definition) is 2. The van der Waals surface area contributed by atoms with Crippen LogP contribution < -0.4 is 11.5 Å². The first kappa shape index (κ1) is 20.2. The van der Waals surface area contributed by atoms with Gasteiger partial charge in [0.2, 0.25) is 0 Å². The molecule has 0 fully saturated rings. The number of nitrogens with two attached hydrogens (primary N) is 2. The molecular weight excluding hydrogens is 352 g/mol. The zero-order valence-corrected chi connectivity index (χ0v) is 17.1. The summed E-state index contributed by atoms with van der Waals surface area (Å²) in [6, 6.07) is 27.3. The lowest BCUT2D eigenvalue weighted by Crippen LogP contribution is -2.31. The topological polar surface area (TPSA) is 52.0 Å². The smallest absolute Gasteiger partial charge is 0.0701 e. The van der Waals surface area contributed by atoms with Crippen molar-refractivity contribution in [1.82, 2.24) is 0 Å². The third-order valence-corrected chi connectivity index (χ3v) is 5.42. The Hall–Kier alpha value is -3.52. The van der Waals surface area contributed by atoms with Crippen molar-refractivity contribution in [3.05, 3.63) is 137 Å². The zero-order chi connectivity index (χ0) is 20.9. The molecule has 29 heavy (non-hydrogen) atoms. The molecule has 0 aliphatic carbocycles. The number of aryl methyl sites for hydroxylation is 1. The number of allylic oxidation sites excluding steroid dienone is 4. The molecule has 0 spiro atoms. The predicted octanol–water partition coefficient (Wildman–Crippen LogP) is 5.89. The van der Waals surface area contributed by atoms with Crippen LogP contribution in [0.15, 0.2) is 115 Å². The van der Waals surface area contributed by atoms with Crippen molar-refractivity contribution in [2.24, 2.45) is 5.73 Å².